The third-order valence-corrected chi connectivity index (χ3v) is 4.98. The lowest BCUT2D eigenvalue weighted by molar-refractivity contribution is -0.117. The summed E-state index contributed by atoms with van der Waals surface area (Å²) in [5.41, 5.74) is 4.24. The lowest BCUT2D eigenvalue weighted by Crippen LogP contribution is -2.14. The lowest BCUT2D eigenvalue weighted by Gasteiger charge is -2.05. The van der Waals surface area contributed by atoms with Crippen LogP contribution in [-0.2, 0) is 9.59 Å². The smallest absolute Gasteiger partial charge is 0.248 e. The number of nitrogens with zero attached hydrogens (tertiary/aromatic N) is 3. The zero-order valence-corrected chi connectivity index (χ0v) is 16.9. The number of anilines is 2. The first kappa shape index (κ1) is 19.6. The van der Waals surface area contributed by atoms with Crippen molar-refractivity contribution in [2.75, 3.05) is 10.6 Å². The molecule has 1 saturated carbocycles. The molecule has 0 bridgehead atoms. The van der Waals surface area contributed by atoms with Crippen molar-refractivity contribution in [3.05, 3.63) is 71.7 Å². The van der Waals surface area contributed by atoms with Gasteiger partial charge in [-0.15, -0.1) is 0 Å². The molecule has 1 fully saturated rings. The van der Waals surface area contributed by atoms with E-state index in [0.29, 0.717) is 11.5 Å². The van der Waals surface area contributed by atoms with E-state index >= 15 is 0 Å². The van der Waals surface area contributed by atoms with E-state index in [1.165, 1.54) is 12.3 Å². The monoisotopic (exact) mass is 401 g/mol. The molecule has 30 heavy (non-hydrogen) atoms. The number of para-hydroxylation sites is 1. The van der Waals surface area contributed by atoms with Gasteiger partial charge in [0.25, 0.3) is 0 Å². The highest BCUT2D eigenvalue weighted by Gasteiger charge is 2.29. The average molecular weight is 401 g/mol. The fourth-order valence-corrected chi connectivity index (χ4v) is 3.18. The first-order chi connectivity index (χ1) is 14.5. The van der Waals surface area contributed by atoms with Crippen LogP contribution in [0.15, 0.2) is 54.7 Å². The zero-order valence-electron chi connectivity index (χ0n) is 16.9. The Morgan fingerprint density at radius 3 is 2.50 bits per heavy atom. The van der Waals surface area contributed by atoms with Crippen molar-refractivity contribution in [2.45, 2.75) is 26.7 Å². The van der Waals surface area contributed by atoms with E-state index in [2.05, 4.69) is 20.7 Å². The normalized spacial score (nSPS) is 13.4. The number of pyridine rings is 1. The van der Waals surface area contributed by atoms with Gasteiger partial charge >= 0.3 is 0 Å². The van der Waals surface area contributed by atoms with Crippen molar-refractivity contribution in [1.29, 1.82) is 0 Å². The summed E-state index contributed by atoms with van der Waals surface area (Å²) < 4.78 is 1.87. The van der Waals surface area contributed by atoms with Gasteiger partial charge < -0.3 is 10.6 Å². The number of carbonyl (C=O) groups excluding carboxylic acids is 2. The molecule has 2 heterocycles. The predicted octanol–water partition coefficient (Wildman–Crippen LogP) is 3.88. The molecule has 1 aliphatic rings. The van der Waals surface area contributed by atoms with Crippen LogP contribution >= 0.6 is 0 Å². The first-order valence-corrected chi connectivity index (χ1v) is 9.89. The van der Waals surface area contributed by atoms with Gasteiger partial charge in [0.2, 0.25) is 11.8 Å². The topological polar surface area (TPSA) is 88.9 Å². The van der Waals surface area contributed by atoms with E-state index in [9.17, 15) is 9.59 Å². The minimum absolute atomic E-state index is 0.00371. The second-order valence-electron chi connectivity index (χ2n) is 7.35. The third kappa shape index (κ3) is 4.46. The van der Waals surface area contributed by atoms with Gasteiger partial charge in [0.05, 0.1) is 23.3 Å². The summed E-state index contributed by atoms with van der Waals surface area (Å²) in [7, 11) is 0. The van der Waals surface area contributed by atoms with Crippen molar-refractivity contribution in [1.82, 2.24) is 14.8 Å². The highest BCUT2D eigenvalue weighted by atomic mass is 16.2. The number of hydrogen-bond donors (Lipinski definition) is 2. The fourth-order valence-electron chi connectivity index (χ4n) is 3.18. The maximum Gasteiger partial charge on any atom is 0.248 e. The summed E-state index contributed by atoms with van der Waals surface area (Å²) in [6.45, 7) is 3.89. The molecule has 7 nitrogen and oxygen atoms in total. The van der Waals surface area contributed by atoms with Crippen LogP contribution in [-0.4, -0.2) is 26.6 Å². The minimum atomic E-state index is -0.266. The standard InChI is InChI=1S/C23H23N5O2/c1-15-20(16(2)28(27-15)19-6-4-3-5-7-19)11-13-22(29)25-18-10-12-21(24-14-18)26-23(30)17-8-9-17/h3-7,10-14,17H,8-9H2,1-2H3,(H,25,29)(H,24,26,30). The molecule has 2 amide bonds. The summed E-state index contributed by atoms with van der Waals surface area (Å²) in [4.78, 5) is 28.3. The van der Waals surface area contributed by atoms with E-state index in [-0.39, 0.29) is 17.7 Å². The van der Waals surface area contributed by atoms with Crippen LogP contribution in [0.5, 0.6) is 0 Å². The predicted molar refractivity (Wildman–Crippen MR) is 116 cm³/mol. The molecule has 2 N–H and O–H groups in total. The molecule has 0 unspecified atom stereocenters. The number of benzene rings is 1. The maximum atomic E-state index is 12.3. The number of aromatic nitrogens is 3. The second kappa shape index (κ2) is 8.32. The van der Waals surface area contributed by atoms with Crippen LogP contribution in [0.2, 0.25) is 0 Å². The summed E-state index contributed by atoms with van der Waals surface area (Å²) in [5.74, 6) is 0.344. The largest absolute Gasteiger partial charge is 0.321 e. The SMILES string of the molecule is Cc1nn(-c2ccccc2)c(C)c1C=CC(=O)Nc1ccc(NC(=O)C2CC2)nc1. The van der Waals surface area contributed by atoms with Crippen molar-refractivity contribution >= 4 is 29.4 Å². The van der Waals surface area contributed by atoms with Crippen LogP contribution in [0.3, 0.4) is 0 Å². The molecule has 3 aromatic rings. The Kier molecular flexibility index (Phi) is 5.43. The first-order valence-electron chi connectivity index (χ1n) is 9.89. The quantitative estimate of drug-likeness (QED) is 0.614. The molecule has 4 rings (SSSR count). The Morgan fingerprint density at radius 1 is 1.07 bits per heavy atom. The number of aryl methyl sites for hydroxylation is 1. The Hall–Kier alpha value is -3.74. The third-order valence-electron chi connectivity index (χ3n) is 4.98. The average Bonchev–Trinajstić information content (AvgIpc) is 3.55. The molecular weight excluding hydrogens is 378 g/mol. The van der Waals surface area contributed by atoms with Gasteiger partial charge in [-0.05, 0) is 57.0 Å². The summed E-state index contributed by atoms with van der Waals surface area (Å²) in [5, 5.41) is 10.1. The zero-order chi connectivity index (χ0) is 21.1. The van der Waals surface area contributed by atoms with Crippen molar-refractivity contribution in [3.8, 4) is 5.69 Å². The summed E-state index contributed by atoms with van der Waals surface area (Å²) >= 11 is 0. The van der Waals surface area contributed by atoms with Crippen LogP contribution in [0, 0.1) is 19.8 Å². The van der Waals surface area contributed by atoms with Crippen LogP contribution < -0.4 is 10.6 Å². The van der Waals surface area contributed by atoms with Gasteiger partial charge in [-0.25, -0.2) is 9.67 Å². The van der Waals surface area contributed by atoms with Crippen LogP contribution in [0.1, 0.15) is 29.8 Å². The number of nitrogens with one attached hydrogen (secondary N) is 2. The summed E-state index contributed by atoms with van der Waals surface area (Å²) in [6.07, 6.45) is 6.66. The van der Waals surface area contributed by atoms with Crippen molar-refractivity contribution < 1.29 is 9.59 Å². The highest BCUT2D eigenvalue weighted by molar-refractivity contribution is 6.02. The van der Waals surface area contributed by atoms with Crippen LogP contribution in [0.25, 0.3) is 11.8 Å². The number of hydrogen-bond acceptors (Lipinski definition) is 4. The molecule has 152 valence electrons. The fraction of sp³-hybridized carbons (Fsp3) is 0.217. The molecule has 0 atom stereocenters. The van der Waals surface area contributed by atoms with E-state index in [0.717, 1.165) is 35.5 Å². The molecule has 0 saturated heterocycles. The van der Waals surface area contributed by atoms with Gasteiger partial charge in [-0.2, -0.15) is 5.10 Å². The van der Waals surface area contributed by atoms with E-state index < -0.39 is 0 Å². The van der Waals surface area contributed by atoms with Crippen molar-refractivity contribution in [2.24, 2.45) is 5.92 Å². The Balaban J connectivity index is 1.40. The molecule has 2 aromatic heterocycles. The number of rotatable bonds is 6. The Bertz CT molecular complexity index is 1100. The summed E-state index contributed by atoms with van der Waals surface area (Å²) in [6, 6.07) is 13.3. The molecule has 0 spiro atoms. The van der Waals surface area contributed by atoms with E-state index in [1.807, 2.05) is 48.9 Å². The van der Waals surface area contributed by atoms with Crippen molar-refractivity contribution in [3.63, 3.8) is 0 Å². The Morgan fingerprint density at radius 2 is 1.83 bits per heavy atom. The van der Waals surface area contributed by atoms with Gasteiger partial charge in [-0.3, -0.25) is 9.59 Å². The van der Waals surface area contributed by atoms with E-state index in [1.54, 1.807) is 18.2 Å². The second-order valence-corrected chi connectivity index (χ2v) is 7.35. The molecule has 0 radical (unpaired) electrons. The maximum absolute atomic E-state index is 12.3. The number of carbonyl (C=O) groups is 2. The number of amides is 2. The molecule has 1 aromatic carbocycles. The molecular formula is C23H23N5O2. The molecule has 1 aliphatic carbocycles. The minimum Gasteiger partial charge on any atom is -0.321 e. The van der Waals surface area contributed by atoms with Gasteiger partial charge in [0.1, 0.15) is 5.82 Å². The van der Waals surface area contributed by atoms with Gasteiger partial charge in [-0.1, -0.05) is 18.2 Å². The van der Waals surface area contributed by atoms with Crippen LogP contribution in [0.4, 0.5) is 11.5 Å². The molecule has 7 heteroatoms. The molecule has 0 aliphatic heterocycles. The van der Waals surface area contributed by atoms with Gasteiger partial charge in [0.15, 0.2) is 0 Å². The highest BCUT2D eigenvalue weighted by Crippen LogP contribution is 2.30. The van der Waals surface area contributed by atoms with Gasteiger partial charge in [0, 0.05) is 23.3 Å². The lowest BCUT2D eigenvalue weighted by atomic mass is 10.2. The van der Waals surface area contributed by atoms with E-state index in [4.69, 9.17) is 0 Å². The Labute approximate surface area is 174 Å².